The number of aryl methyl sites for hydroxylation is 1. The summed E-state index contributed by atoms with van der Waals surface area (Å²) in [5, 5.41) is 3.17. The van der Waals surface area contributed by atoms with Crippen LogP contribution in [0.15, 0.2) is 65.9 Å². The van der Waals surface area contributed by atoms with Gasteiger partial charge in [-0.25, -0.2) is 4.79 Å². The molecule has 8 heteroatoms. The van der Waals surface area contributed by atoms with Gasteiger partial charge in [0.15, 0.2) is 0 Å². The summed E-state index contributed by atoms with van der Waals surface area (Å²) in [5.41, 5.74) is 2.97. The highest BCUT2D eigenvalue weighted by Crippen LogP contribution is 2.40. The summed E-state index contributed by atoms with van der Waals surface area (Å²) in [7, 11) is 0. The summed E-state index contributed by atoms with van der Waals surface area (Å²) >= 11 is 7.42. The molecule has 2 aromatic rings. The van der Waals surface area contributed by atoms with Crippen LogP contribution in [-0.4, -0.2) is 39.9 Å². The lowest BCUT2D eigenvalue weighted by atomic mass is 10.0. The molecule has 0 saturated carbocycles. The lowest BCUT2D eigenvalue weighted by Gasteiger charge is -2.49. The van der Waals surface area contributed by atoms with Crippen molar-refractivity contribution in [1.29, 1.82) is 0 Å². The molecule has 2 atom stereocenters. The van der Waals surface area contributed by atoms with Crippen LogP contribution < -0.4 is 5.32 Å². The molecule has 2 amide bonds. The number of β-lactam (4-membered cyclic amide) rings is 1. The Kier molecular flexibility index (Phi) is 6.86. The first-order valence-electron chi connectivity index (χ1n) is 10.3. The molecule has 6 nitrogen and oxygen atoms in total. The molecule has 1 N–H and O–H groups in total. The molecule has 0 spiro atoms. The normalized spacial score (nSPS) is 19.8. The van der Waals surface area contributed by atoms with E-state index in [0.717, 1.165) is 16.7 Å². The molecular formula is C24H23ClN2O4S. The first-order chi connectivity index (χ1) is 15.4. The van der Waals surface area contributed by atoms with Crippen molar-refractivity contribution in [2.45, 2.75) is 37.8 Å². The Bertz CT molecular complexity index is 1060. The number of rotatable bonds is 7. The van der Waals surface area contributed by atoms with Gasteiger partial charge in [-0.1, -0.05) is 54.1 Å². The average molecular weight is 471 g/mol. The van der Waals surface area contributed by atoms with Crippen LogP contribution in [0.5, 0.6) is 0 Å². The van der Waals surface area contributed by atoms with Crippen molar-refractivity contribution in [3.05, 3.63) is 82.0 Å². The zero-order chi connectivity index (χ0) is 22.7. The van der Waals surface area contributed by atoms with E-state index in [2.05, 4.69) is 5.32 Å². The third-order valence-electron chi connectivity index (χ3n) is 5.44. The van der Waals surface area contributed by atoms with Gasteiger partial charge in [0.05, 0.1) is 0 Å². The summed E-state index contributed by atoms with van der Waals surface area (Å²) in [6.07, 6.45) is 0.825. The van der Waals surface area contributed by atoms with Gasteiger partial charge in [0.1, 0.15) is 23.7 Å². The standard InChI is InChI=1S/C24H23ClN2O4S/c1-15-14-32-23-20(26-19(28)12-9-16-7-10-18(25)11-8-16)22(29)27(23)21(15)24(30)31-13-17-5-3-2-4-6-17/h2-8,10-11,20,23H,9,12-14H2,1H3,(H,26,28)/t20-,23-/m1/s1. The van der Waals surface area contributed by atoms with Gasteiger partial charge < -0.3 is 10.1 Å². The average Bonchev–Trinajstić information content (AvgIpc) is 2.81. The Morgan fingerprint density at radius 3 is 2.56 bits per heavy atom. The zero-order valence-electron chi connectivity index (χ0n) is 17.5. The number of carbonyl (C=O) groups excluding carboxylic acids is 3. The van der Waals surface area contributed by atoms with Crippen molar-refractivity contribution >= 4 is 41.1 Å². The molecule has 2 aromatic carbocycles. The van der Waals surface area contributed by atoms with Crippen molar-refractivity contribution in [3.8, 4) is 0 Å². The Morgan fingerprint density at radius 1 is 1.12 bits per heavy atom. The smallest absolute Gasteiger partial charge is 0.355 e. The molecule has 1 fully saturated rings. The number of halogens is 1. The van der Waals surface area contributed by atoms with Gasteiger partial charge in [-0.15, -0.1) is 11.8 Å². The van der Waals surface area contributed by atoms with Gasteiger partial charge in [0.25, 0.3) is 5.91 Å². The van der Waals surface area contributed by atoms with Crippen molar-refractivity contribution < 1.29 is 19.1 Å². The number of thioether (sulfide) groups is 1. The first-order valence-corrected chi connectivity index (χ1v) is 11.8. The Balaban J connectivity index is 1.34. The van der Waals surface area contributed by atoms with Gasteiger partial charge in [-0.2, -0.15) is 0 Å². The quantitative estimate of drug-likeness (QED) is 0.493. The summed E-state index contributed by atoms with van der Waals surface area (Å²) in [6, 6.07) is 16.1. The Morgan fingerprint density at radius 2 is 1.84 bits per heavy atom. The SMILES string of the molecule is CC1=C(C(=O)OCc2ccccc2)N2C(=O)[C@@H](NC(=O)CCc3ccc(Cl)cc3)[C@H]2SC1. The van der Waals surface area contributed by atoms with Crippen LogP contribution in [0.4, 0.5) is 0 Å². The van der Waals surface area contributed by atoms with Gasteiger partial charge in [0.2, 0.25) is 5.91 Å². The molecule has 2 aliphatic heterocycles. The van der Waals surface area contributed by atoms with Gasteiger partial charge in [0, 0.05) is 17.2 Å². The Hall–Kier alpha value is -2.77. The maximum Gasteiger partial charge on any atom is 0.355 e. The second-order valence-corrected chi connectivity index (χ2v) is 9.31. The number of esters is 1. The van der Waals surface area contributed by atoms with E-state index in [0.29, 0.717) is 22.9 Å². The van der Waals surface area contributed by atoms with E-state index >= 15 is 0 Å². The van der Waals surface area contributed by atoms with E-state index in [1.165, 1.54) is 16.7 Å². The predicted octanol–water partition coefficient (Wildman–Crippen LogP) is 3.69. The number of hydrogen-bond acceptors (Lipinski definition) is 5. The van der Waals surface area contributed by atoms with Crippen LogP contribution in [0, 0.1) is 0 Å². The third kappa shape index (κ3) is 4.84. The van der Waals surface area contributed by atoms with Crippen LogP contribution in [0.1, 0.15) is 24.5 Å². The van der Waals surface area contributed by atoms with E-state index < -0.39 is 12.0 Å². The van der Waals surface area contributed by atoms with E-state index in [1.807, 2.05) is 49.4 Å². The number of benzene rings is 2. The van der Waals surface area contributed by atoms with Crippen molar-refractivity contribution in [2.75, 3.05) is 5.75 Å². The lowest BCUT2D eigenvalue weighted by Crippen LogP contribution is -2.70. The summed E-state index contributed by atoms with van der Waals surface area (Å²) in [5.74, 6) is -0.398. The summed E-state index contributed by atoms with van der Waals surface area (Å²) in [4.78, 5) is 39.5. The zero-order valence-corrected chi connectivity index (χ0v) is 19.1. The number of hydrogen-bond donors (Lipinski definition) is 1. The minimum Gasteiger partial charge on any atom is -0.456 e. The van der Waals surface area contributed by atoms with E-state index in [9.17, 15) is 14.4 Å². The largest absolute Gasteiger partial charge is 0.456 e. The number of carbonyl (C=O) groups is 3. The summed E-state index contributed by atoms with van der Waals surface area (Å²) in [6.45, 7) is 1.97. The maximum absolute atomic E-state index is 12.8. The highest BCUT2D eigenvalue weighted by atomic mass is 35.5. The fourth-order valence-corrected chi connectivity index (χ4v) is 5.13. The van der Waals surface area contributed by atoms with Crippen LogP contribution in [0.3, 0.4) is 0 Å². The fourth-order valence-electron chi connectivity index (χ4n) is 3.71. The molecular weight excluding hydrogens is 448 g/mol. The van der Waals surface area contributed by atoms with Crippen molar-refractivity contribution in [2.24, 2.45) is 0 Å². The lowest BCUT2D eigenvalue weighted by molar-refractivity contribution is -0.153. The molecule has 166 valence electrons. The molecule has 0 radical (unpaired) electrons. The van der Waals surface area contributed by atoms with Crippen LogP contribution in [0.25, 0.3) is 0 Å². The van der Waals surface area contributed by atoms with Gasteiger partial charge in [-0.05, 0) is 42.2 Å². The molecule has 0 unspecified atom stereocenters. The molecule has 2 aliphatic rings. The fraction of sp³-hybridized carbons (Fsp3) is 0.292. The first kappa shape index (κ1) is 22.4. The summed E-state index contributed by atoms with van der Waals surface area (Å²) < 4.78 is 5.45. The second kappa shape index (κ2) is 9.79. The highest BCUT2D eigenvalue weighted by Gasteiger charge is 2.53. The topological polar surface area (TPSA) is 75.7 Å². The maximum atomic E-state index is 12.8. The number of fused-ring (bicyclic) bond motifs is 1. The molecule has 2 heterocycles. The van der Waals surface area contributed by atoms with Gasteiger partial charge in [-0.3, -0.25) is 14.5 Å². The minimum atomic E-state index is -0.636. The second-order valence-electron chi connectivity index (χ2n) is 7.77. The molecule has 0 aromatic heterocycles. The predicted molar refractivity (Wildman–Crippen MR) is 124 cm³/mol. The van der Waals surface area contributed by atoms with Crippen LogP contribution in [-0.2, 0) is 32.1 Å². The van der Waals surface area contributed by atoms with Crippen molar-refractivity contribution in [1.82, 2.24) is 10.2 Å². The molecule has 4 rings (SSSR count). The number of amides is 2. The number of nitrogens with one attached hydrogen (secondary N) is 1. The Labute approximate surface area is 196 Å². The molecule has 0 aliphatic carbocycles. The van der Waals surface area contributed by atoms with Crippen LogP contribution >= 0.6 is 23.4 Å². The minimum absolute atomic E-state index is 0.140. The third-order valence-corrected chi connectivity index (χ3v) is 7.11. The van der Waals surface area contributed by atoms with E-state index in [4.69, 9.17) is 16.3 Å². The van der Waals surface area contributed by atoms with E-state index in [1.54, 1.807) is 12.1 Å². The number of nitrogens with zero attached hydrogens (tertiary/aromatic N) is 1. The monoisotopic (exact) mass is 470 g/mol. The molecule has 0 bridgehead atoms. The van der Waals surface area contributed by atoms with Gasteiger partial charge >= 0.3 is 5.97 Å². The van der Waals surface area contributed by atoms with Crippen molar-refractivity contribution in [3.63, 3.8) is 0 Å². The highest BCUT2D eigenvalue weighted by molar-refractivity contribution is 8.00. The van der Waals surface area contributed by atoms with E-state index in [-0.39, 0.29) is 30.2 Å². The molecule has 1 saturated heterocycles. The number of ether oxygens (including phenoxy) is 1. The molecule has 32 heavy (non-hydrogen) atoms. The van der Waals surface area contributed by atoms with Crippen LogP contribution in [0.2, 0.25) is 5.02 Å².